The number of benzene rings is 1. The first kappa shape index (κ1) is 16.8. The van der Waals surface area contributed by atoms with Crippen LogP contribution in [0.25, 0.3) is 5.69 Å². The molecule has 0 amide bonds. The molecule has 0 bridgehead atoms. The number of tetrazole rings is 1. The van der Waals surface area contributed by atoms with Gasteiger partial charge in [0.05, 0.1) is 23.9 Å². The highest BCUT2D eigenvalue weighted by Gasteiger charge is 2.30. The summed E-state index contributed by atoms with van der Waals surface area (Å²) in [6, 6.07) is 4.73. The van der Waals surface area contributed by atoms with Crippen LogP contribution in [0.3, 0.4) is 0 Å². The summed E-state index contributed by atoms with van der Waals surface area (Å²) in [7, 11) is 0. The summed E-state index contributed by atoms with van der Waals surface area (Å²) in [5.41, 5.74) is -0.227. The van der Waals surface area contributed by atoms with Crippen LogP contribution in [0.4, 0.5) is 13.2 Å². The van der Waals surface area contributed by atoms with Gasteiger partial charge < -0.3 is 5.11 Å². The maximum Gasteiger partial charge on any atom is 0.416 e. The smallest absolute Gasteiger partial charge is 0.393 e. The molecule has 1 aliphatic heterocycles. The lowest BCUT2D eigenvalue weighted by molar-refractivity contribution is -0.137. The Balaban J connectivity index is 1.74. The number of alkyl halides is 3. The molecule has 1 aliphatic rings. The Kier molecular flexibility index (Phi) is 4.55. The number of rotatable bonds is 4. The number of nitrogens with zero attached hydrogens (tertiary/aromatic N) is 5. The molecule has 2 heterocycles. The van der Waals surface area contributed by atoms with E-state index in [1.165, 1.54) is 16.8 Å². The second-order valence-electron chi connectivity index (χ2n) is 6.08. The van der Waals surface area contributed by atoms with Crippen molar-refractivity contribution in [3.8, 4) is 5.69 Å². The van der Waals surface area contributed by atoms with Gasteiger partial charge in [0, 0.05) is 6.54 Å². The monoisotopic (exact) mass is 341 g/mol. The van der Waals surface area contributed by atoms with E-state index in [0.717, 1.165) is 31.6 Å². The largest absolute Gasteiger partial charge is 0.416 e. The molecule has 1 aromatic carbocycles. The minimum Gasteiger partial charge on any atom is -0.393 e. The van der Waals surface area contributed by atoms with Crippen molar-refractivity contribution in [2.24, 2.45) is 5.92 Å². The van der Waals surface area contributed by atoms with Gasteiger partial charge in [0.25, 0.3) is 0 Å². The zero-order chi connectivity index (χ0) is 17.3. The molecule has 130 valence electrons. The lowest BCUT2D eigenvalue weighted by atomic mass is 10.0. The molecule has 0 radical (unpaired) electrons. The van der Waals surface area contributed by atoms with E-state index in [-0.39, 0.29) is 12.0 Å². The van der Waals surface area contributed by atoms with Gasteiger partial charge in [-0.1, -0.05) is 0 Å². The van der Waals surface area contributed by atoms with Gasteiger partial charge in [-0.15, -0.1) is 5.10 Å². The summed E-state index contributed by atoms with van der Waals surface area (Å²) in [5.74, 6) is 0.779. The Morgan fingerprint density at radius 1 is 1.29 bits per heavy atom. The Morgan fingerprint density at radius 2 is 2.00 bits per heavy atom. The molecule has 1 fully saturated rings. The number of aliphatic hydroxyl groups is 1. The van der Waals surface area contributed by atoms with Crippen molar-refractivity contribution in [1.29, 1.82) is 0 Å². The quantitative estimate of drug-likeness (QED) is 0.920. The van der Waals surface area contributed by atoms with E-state index in [2.05, 4.69) is 20.4 Å². The van der Waals surface area contributed by atoms with Crippen molar-refractivity contribution in [1.82, 2.24) is 25.1 Å². The molecule has 2 atom stereocenters. The zero-order valence-electron chi connectivity index (χ0n) is 13.1. The Bertz CT molecular complexity index is 683. The van der Waals surface area contributed by atoms with Crippen LogP contribution < -0.4 is 0 Å². The fourth-order valence-electron chi connectivity index (χ4n) is 2.90. The van der Waals surface area contributed by atoms with Crippen LogP contribution in [0.5, 0.6) is 0 Å². The molecule has 24 heavy (non-hydrogen) atoms. The third-order valence-electron chi connectivity index (χ3n) is 4.33. The molecule has 3 rings (SSSR count). The van der Waals surface area contributed by atoms with Crippen molar-refractivity contribution in [3.63, 3.8) is 0 Å². The summed E-state index contributed by atoms with van der Waals surface area (Å²) >= 11 is 0. The van der Waals surface area contributed by atoms with Crippen LogP contribution in [0.15, 0.2) is 24.3 Å². The van der Waals surface area contributed by atoms with Crippen molar-refractivity contribution >= 4 is 0 Å². The van der Waals surface area contributed by atoms with Crippen molar-refractivity contribution in [2.75, 3.05) is 13.1 Å². The van der Waals surface area contributed by atoms with E-state index < -0.39 is 11.7 Å². The van der Waals surface area contributed by atoms with Gasteiger partial charge >= 0.3 is 6.18 Å². The van der Waals surface area contributed by atoms with E-state index in [4.69, 9.17) is 0 Å². The first-order valence-electron chi connectivity index (χ1n) is 7.70. The van der Waals surface area contributed by atoms with Gasteiger partial charge in [0.15, 0.2) is 5.82 Å². The molecule has 1 saturated heterocycles. The Morgan fingerprint density at radius 3 is 2.58 bits per heavy atom. The van der Waals surface area contributed by atoms with Gasteiger partial charge in [-0.2, -0.15) is 17.9 Å². The van der Waals surface area contributed by atoms with Gasteiger partial charge in [-0.05, 0) is 60.5 Å². The highest BCUT2D eigenvalue weighted by molar-refractivity contribution is 5.35. The molecule has 1 N–H and O–H groups in total. The predicted molar refractivity (Wildman–Crippen MR) is 79.2 cm³/mol. The average molecular weight is 341 g/mol. The first-order valence-corrected chi connectivity index (χ1v) is 7.70. The molecule has 0 spiro atoms. The predicted octanol–water partition coefficient (Wildman–Crippen LogP) is 1.88. The maximum atomic E-state index is 12.6. The highest BCUT2D eigenvalue weighted by atomic mass is 19.4. The average Bonchev–Trinajstić information content (AvgIpc) is 3.16. The van der Waals surface area contributed by atoms with E-state index in [0.29, 0.717) is 18.1 Å². The van der Waals surface area contributed by atoms with Gasteiger partial charge in [-0.25, -0.2) is 0 Å². The van der Waals surface area contributed by atoms with E-state index in [1.54, 1.807) is 6.92 Å². The molecule has 1 aromatic heterocycles. The van der Waals surface area contributed by atoms with Crippen LogP contribution in [-0.2, 0) is 12.7 Å². The molecule has 6 nitrogen and oxygen atoms in total. The third-order valence-corrected chi connectivity index (χ3v) is 4.33. The van der Waals surface area contributed by atoms with Crippen LogP contribution in [-0.4, -0.2) is 49.4 Å². The van der Waals surface area contributed by atoms with Crippen molar-refractivity contribution < 1.29 is 18.3 Å². The maximum absolute atomic E-state index is 12.6. The van der Waals surface area contributed by atoms with Crippen molar-refractivity contribution in [2.45, 2.75) is 32.2 Å². The number of hydrogen-bond donors (Lipinski definition) is 1. The van der Waals surface area contributed by atoms with E-state index >= 15 is 0 Å². The zero-order valence-corrected chi connectivity index (χ0v) is 13.1. The number of aliphatic hydroxyl groups excluding tert-OH is 1. The van der Waals surface area contributed by atoms with Gasteiger partial charge in [0.2, 0.25) is 0 Å². The standard InChI is InChI=1S/C15H18F3N5O/c1-10(24)11-6-7-22(8-11)9-14-19-20-21-23(14)13-4-2-12(3-5-13)15(16,17)18/h2-5,10-11,24H,6-9H2,1H3. The summed E-state index contributed by atoms with van der Waals surface area (Å²) < 4.78 is 39.4. The molecular formula is C15H18F3N5O. The summed E-state index contributed by atoms with van der Waals surface area (Å²) in [6.45, 7) is 3.84. The lowest BCUT2D eigenvalue weighted by Gasteiger charge is -2.16. The van der Waals surface area contributed by atoms with E-state index in [9.17, 15) is 18.3 Å². The SMILES string of the molecule is CC(O)C1CCN(Cc2nnnn2-c2ccc(C(F)(F)F)cc2)C1. The summed E-state index contributed by atoms with van der Waals surface area (Å²) in [5, 5.41) is 21.1. The number of likely N-dealkylation sites (tertiary alicyclic amines) is 1. The number of halogens is 3. The normalized spacial score (nSPS) is 20.5. The van der Waals surface area contributed by atoms with Gasteiger partial charge in [-0.3, -0.25) is 4.90 Å². The number of aromatic nitrogens is 4. The number of hydrogen-bond acceptors (Lipinski definition) is 5. The minimum absolute atomic E-state index is 0.223. The minimum atomic E-state index is -4.37. The molecule has 9 heteroatoms. The Labute approximate surface area is 136 Å². The highest BCUT2D eigenvalue weighted by Crippen LogP contribution is 2.29. The molecule has 2 aromatic rings. The van der Waals surface area contributed by atoms with E-state index in [1.807, 2.05) is 0 Å². The second-order valence-corrected chi connectivity index (χ2v) is 6.08. The van der Waals surface area contributed by atoms with Gasteiger partial charge in [0.1, 0.15) is 0 Å². The van der Waals surface area contributed by atoms with Crippen LogP contribution >= 0.6 is 0 Å². The molecule has 0 aliphatic carbocycles. The fourth-order valence-corrected chi connectivity index (χ4v) is 2.90. The van der Waals surface area contributed by atoms with Crippen molar-refractivity contribution in [3.05, 3.63) is 35.7 Å². The molecule has 0 saturated carbocycles. The third kappa shape index (κ3) is 3.57. The summed E-state index contributed by atoms with van der Waals surface area (Å²) in [6.07, 6.45) is -3.83. The molecular weight excluding hydrogens is 323 g/mol. The fraction of sp³-hybridized carbons (Fsp3) is 0.533. The Hall–Kier alpha value is -2.00. The van der Waals surface area contributed by atoms with Crippen LogP contribution in [0.1, 0.15) is 24.7 Å². The first-order chi connectivity index (χ1) is 11.3. The summed E-state index contributed by atoms with van der Waals surface area (Å²) in [4.78, 5) is 2.13. The topological polar surface area (TPSA) is 67.1 Å². The second kappa shape index (κ2) is 6.48. The van der Waals surface area contributed by atoms with Crippen LogP contribution in [0.2, 0.25) is 0 Å². The lowest BCUT2D eigenvalue weighted by Crippen LogP contribution is -2.25. The van der Waals surface area contributed by atoms with Crippen LogP contribution in [0, 0.1) is 5.92 Å². The molecule has 2 unspecified atom stereocenters.